The van der Waals surface area contributed by atoms with Gasteiger partial charge in [0.05, 0.1) is 21.6 Å². The van der Waals surface area contributed by atoms with E-state index in [0.717, 1.165) is 55.1 Å². The van der Waals surface area contributed by atoms with Crippen LogP contribution in [-0.2, 0) is 32.5 Å². The minimum Gasteiger partial charge on any atom is -0.381 e. The van der Waals surface area contributed by atoms with Crippen molar-refractivity contribution in [2.24, 2.45) is 5.92 Å². The summed E-state index contributed by atoms with van der Waals surface area (Å²) in [6.45, 7) is 10.6. The molecule has 0 aliphatic carbocycles. The normalized spacial score (nSPS) is 15.9. The molecule has 1 N–H and O–H groups in total. The lowest BCUT2D eigenvalue weighted by atomic mass is 9.94. The quantitative estimate of drug-likeness (QED) is 0.543. The van der Waals surface area contributed by atoms with E-state index < -0.39 is 11.0 Å². The van der Waals surface area contributed by atoms with Crippen molar-refractivity contribution in [3.8, 4) is 0 Å². The lowest BCUT2D eigenvalue weighted by molar-refractivity contribution is -0.114. The van der Waals surface area contributed by atoms with Crippen LogP contribution in [0.4, 0.5) is 11.4 Å². The summed E-state index contributed by atoms with van der Waals surface area (Å²) in [6.07, 6.45) is 2.15. The molecular weight excluding hydrogens is 448 g/mol. The van der Waals surface area contributed by atoms with E-state index in [-0.39, 0.29) is 11.3 Å². The highest BCUT2D eigenvalue weighted by molar-refractivity contribution is 7.86. The standard InChI is InChI=1S/C26H34N4O3S/c1-18(31)27-20-6-9-22(10-7-20)34(32)29(5)21-8-11-24-23(16-21)28-25(26(2,3)4)30(24)17-19-12-14-33-15-13-19/h6-11,16,19H,12-15,17H2,1-5H3,(H,27,31). The van der Waals surface area contributed by atoms with E-state index in [4.69, 9.17) is 9.72 Å². The number of rotatable bonds is 6. The number of aromatic nitrogens is 2. The highest BCUT2D eigenvalue weighted by Gasteiger charge is 2.26. The Kier molecular flexibility index (Phi) is 7.09. The molecule has 2 heterocycles. The molecule has 182 valence electrons. The number of fused-ring (bicyclic) bond motifs is 1. The minimum absolute atomic E-state index is 0.0886. The van der Waals surface area contributed by atoms with Crippen LogP contribution in [-0.4, -0.2) is 39.9 Å². The van der Waals surface area contributed by atoms with Gasteiger partial charge >= 0.3 is 0 Å². The maximum absolute atomic E-state index is 13.2. The van der Waals surface area contributed by atoms with E-state index in [1.807, 2.05) is 19.2 Å². The minimum atomic E-state index is -1.39. The first-order chi connectivity index (χ1) is 16.1. The molecule has 34 heavy (non-hydrogen) atoms. The van der Waals surface area contributed by atoms with E-state index in [0.29, 0.717) is 16.5 Å². The van der Waals surface area contributed by atoms with E-state index in [1.165, 1.54) is 6.92 Å². The Hall–Kier alpha value is -2.71. The maximum Gasteiger partial charge on any atom is 0.221 e. The number of ether oxygens (including phenoxy) is 1. The molecule has 1 atom stereocenters. The SMILES string of the molecule is CC(=O)Nc1ccc(S(=O)N(C)c2ccc3c(c2)nc(C(C)(C)C)n3CC2CCOCC2)cc1. The molecule has 1 aliphatic heterocycles. The molecule has 0 bridgehead atoms. The van der Waals surface area contributed by atoms with Crippen molar-refractivity contribution >= 4 is 39.3 Å². The summed E-state index contributed by atoms with van der Waals surface area (Å²) >= 11 is 0. The summed E-state index contributed by atoms with van der Waals surface area (Å²) in [5.74, 6) is 1.52. The average molecular weight is 483 g/mol. The van der Waals surface area contributed by atoms with Crippen LogP contribution in [0.1, 0.15) is 46.4 Å². The fourth-order valence-corrected chi connectivity index (χ4v) is 5.36. The second kappa shape index (κ2) is 9.88. The topological polar surface area (TPSA) is 76.5 Å². The Morgan fingerprint density at radius 1 is 1.18 bits per heavy atom. The van der Waals surface area contributed by atoms with Gasteiger partial charge in [-0.25, -0.2) is 9.19 Å². The Labute approximate surface area is 204 Å². The molecule has 1 fully saturated rings. The van der Waals surface area contributed by atoms with Gasteiger partial charge in [-0.2, -0.15) is 0 Å². The zero-order valence-electron chi connectivity index (χ0n) is 20.6. The molecule has 8 heteroatoms. The van der Waals surface area contributed by atoms with Gasteiger partial charge in [-0.3, -0.25) is 9.10 Å². The molecule has 2 aromatic carbocycles. The molecule has 3 aromatic rings. The summed E-state index contributed by atoms with van der Waals surface area (Å²) < 4.78 is 22.9. The van der Waals surface area contributed by atoms with Crippen molar-refractivity contribution in [2.45, 2.75) is 57.4 Å². The van der Waals surface area contributed by atoms with Crippen molar-refractivity contribution in [3.05, 3.63) is 48.3 Å². The largest absolute Gasteiger partial charge is 0.381 e. The van der Waals surface area contributed by atoms with Crippen molar-refractivity contribution in [2.75, 3.05) is 29.9 Å². The summed E-state index contributed by atoms with van der Waals surface area (Å²) in [6, 6.07) is 13.2. The predicted octanol–water partition coefficient (Wildman–Crippen LogP) is 4.88. The third-order valence-electron chi connectivity index (χ3n) is 6.17. The summed E-state index contributed by atoms with van der Waals surface area (Å²) in [4.78, 5) is 16.9. The number of hydrogen-bond donors (Lipinski definition) is 1. The molecule has 7 nitrogen and oxygen atoms in total. The maximum atomic E-state index is 13.2. The Morgan fingerprint density at radius 2 is 1.85 bits per heavy atom. The third-order valence-corrected chi connectivity index (χ3v) is 7.56. The van der Waals surface area contributed by atoms with Gasteiger partial charge < -0.3 is 14.6 Å². The number of nitrogens with one attached hydrogen (secondary N) is 1. The fourth-order valence-electron chi connectivity index (χ4n) is 4.37. The van der Waals surface area contributed by atoms with Gasteiger partial charge in [-0.05, 0) is 61.2 Å². The third kappa shape index (κ3) is 5.33. The molecule has 4 rings (SSSR count). The molecule has 1 aliphatic rings. The molecule has 1 amide bonds. The van der Waals surface area contributed by atoms with Crippen LogP contribution in [0, 0.1) is 5.92 Å². The molecule has 0 radical (unpaired) electrons. The number of carbonyl (C=O) groups excluding carboxylic acids is 1. The first-order valence-corrected chi connectivity index (χ1v) is 12.9. The van der Waals surface area contributed by atoms with Crippen molar-refractivity contribution in [1.29, 1.82) is 0 Å². The number of nitrogens with zero attached hydrogens (tertiary/aromatic N) is 3. The smallest absolute Gasteiger partial charge is 0.221 e. The Balaban J connectivity index is 1.62. The highest BCUT2D eigenvalue weighted by atomic mass is 32.2. The summed E-state index contributed by atoms with van der Waals surface area (Å²) in [5.41, 5.74) is 3.46. The van der Waals surface area contributed by atoms with Gasteiger partial charge in [0.15, 0.2) is 11.0 Å². The molecule has 0 spiro atoms. The monoisotopic (exact) mass is 482 g/mol. The van der Waals surface area contributed by atoms with Gasteiger partial charge in [-0.15, -0.1) is 0 Å². The lowest BCUT2D eigenvalue weighted by Gasteiger charge is -2.26. The van der Waals surface area contributed by atoms with E-state index >= 15 is 0 Å². The first kappa shape index (κ1) is 24.4. The fraction of sp³-hybridized carbons (Fsp3) is 0.462. The number of hydrogen-bond acceptors (Lipinski definition) is 4. The van der Waals surface area contributed by atoms with Gasteiger partial charge in [-0.1, -0.05) is 20.8 Å². The number of amides is 1. The van der Waals surface area contributed by atoms with Crippen LogP contribution in [0.15, 0.2) is 47.4 Å². The van der Waals surface area contributed by atoms with Crippen molar-refractivity contribution in [1.82, 2.24) is 9.55 Å². The number of carbonyl (C=O) groups is 1. The zero-order valence-corrected chi connectivity index (χ0v) is 21.4. The highest BCUT2D eigenvalue weighted by Crippen LogP contribution is 2.31. The van der Waals surface area contributed by atoms with E-state index in [2.05, 4.69) is 36.7 Å². The van der Waals surface area contributed by atoms with E-state index in [9.17, 15) is 9.00 Å². The van der Waals surface area contributed by atoms with Gasteiger partial charge in [0.1, 0.15) is 5.82 Å². The van der Waals surface area contributed by atoms with Crippen LogP contribution >= 0.6 is 0 Å². The first-order valence-electron chi connectivity index (χ1n) is 11.8. The second-order valence-corrected chi connectivity index (χ2v) is 11.5. The molecule has 1 saturated heterocycles. The van der Waals surface area contributed by atoms with E-state index in [1.54, 1.807) is 28.6 Å². The van der Waals surface area contributed by atoms with Crippen LogP contribution in [0.5, 0.6) is 0 Å². The van der Waals surface area contributed by atoms with Crippen molar-refractivity contribution in [3.63, 3.8) is 0 Å². The van der Waals surface area contributed by atoms with Crippen LogP contribution < -0.4 is 9.62 Å². The Morgan fingerprint density at radius 3 is 2.47 bits per heavy atom. The average Bonchev–Trinajstić information content (AvgIpc) is 3.17. The molecule has 1 aromatic heterocycles. The lowest BCUT2D eigenvalue weighted by Crippen LogP contribution is -2.25. The summed E-state index contributed by atoms with van der Waals surface area (Å²) in [5, 5.41) is 2.73. The number of benzene rings is 2. The van der Waals surface area contributed by atoms with Gasteiger partial charge in [0.2, 0.25) is 5.91 Å². The number of imidazole rings is 1. The molecule has 0 saturated carbocycles. The second-order valence-electron chi connectivity index (χ2n) is 9.98. The summed E-state index contributed by atoms with van der Waals surface area (Å²) in [7, 11) is 0.430. The van der Waals surface area contributed by atoms with Crippen LogP contribution in [0.2, 0.25) is 0 Å². The number of anilines is 2. The van der Waals surface area contributed by atoms with Gasteiger partial charge in [0, 0.05) is 44.8 Å². The zero-order chi connectivity index (χ0) is 24.5. The Bertz CT molecular complexity index is 1190. The van der Waals surface area contributed by atoms with Crippen LogP contribution in [0.25, 0.3) is 11.0 Å². The predicted molar refractivity (Wildman–Crippen MR) is 138 cm³/mol. The molecular formula is C26H34N4O3S. The molecule has 1 unspecified atom stereocenters. The van der Waals surface area contributed by atoms with Gasteiger partial charge in [0.25, 0.3) is 0 Å². The van der Waals surface area contributed by atoms with Crippen molar-refractivity contribution < 1.29 is 13.7 Å². The van der Waals surface area contributed by atoms with Crippen LogP contribution in [0.3, 0.4) is 0 Å².